The number of rotatable bonds is 7. The fourth-order valence-corrected chi connectivity index (χ4v) is 3.54. The minimum absolute atomic E-state index is 0.160. The van der Waals surface area contributed by atoms with Gasteiger partial charge in [0.1, 0.15) is 5.75 Å². The third kappa shape index (κ3) is 4.27. The van der Waals surface area contributed by atoms with Crippen LogP contribution >= 0.6 is 11.6 Å². The molecule has 1 N–H and O–H groups in total. The van der Waals surface area contributed by atoms with E-state index in [1.54, 1.807) is 24.3 Å². The van der Waals surface area contributed by atoms with Crippen molar-refractivity contribution in [1.82, 2.24) is 0 Å². The highest BCUT2D eigenvalue weighted by atomic mass is 35.5. The van der Waals surface area contributed by atoms with Gasteiger partial charge in [-0.15, -0.1) is 0 Å². The summed E-state index contributed by atoms with van der Waals surface area (Å²) in [5, 5.41) is 11.3. The Balaban J connectivity index is 1.44. The molecule has 2 nitrogen and oxygen atoms in total. The van der Waals surface area contributed by atoms with Gasteiger partial charge in [-0.25, -0.2) is 4.39 Å². The van der Waals surface area contributed by atoms with Gasteiger partial charge >= 0.3 is 0 Å². The second kappa shape index (κ2) is 7.78. The van der Waals surface area contributed by atoms with E-state index < -0.39 is 11.9 Å². The molecule has 142 valence electrons. The monoisotopic (exact) mass is 394 g/mol. The average molecular weight is 395 g/mol. The Morgan fingerprint density at radius 2 is 1.68 bits per heavy atom. The standard InChI is InChI=1S/C24H20ClFO2/c25-19-9-7-18(8-10-19)24(12-13-24)16-20(27)14-17-6-11-22(26)23(15-17)28-21-4-2-1-3-5-21/h1-13,15,20,27H,14,16H2. The molecule has 0 heterocycles. The first kappa shape index (κ1) is 18.7. The maximum absolute atomic E-state index is 14.1. The molecule has 3 aromatic carbocycles. The molecule has 1 atom stereocenters. The second-order valence-electron chi connectivity index (χ2n) is 7.12. The molecule has 1 unspecified atom stereocenters. The summed E-state index contributed by atoms with van der Waals surface area (Å²) >= 11 is 5.97. The predicted molar refractivity (Wildman–Crippen MR) is 110 cm³/mol. The number of para-hydroxylation sites is 1. The molecule has 0 bridgehead atoms. The van der Waals surface area contributed by atoms with Gasteiger partial charge in [-0.1, -0.05) is 60.2 Å². The number of hydrogen-bond acceptors (Lipinski definition) is 2. The van der Waals surface area contributed by atoms with Crippen LogP contribution in [0.5, 0.6) is 11.5 Å². The Labute approximate surface area is 168 Å². The quantitative estimate of drug-likeness (QED) is 0.492. The molecule has 0 radical (unpaired) electrons. The Morgan fingerprint density at radius 3 is 2.36 bits per heavy atom. The SMILES string of the molecule is OC(Cc1ccc(F)c(Oc2ccccc2)c1)CC1(c2ccc(Cl)cc2)C=C1. The second-order valence-corrected chi connectivity index (χ2v) is 7.56. The Kier molecular flexibility index (Phi) is 5.21. The minimum atomic E-state index is -0.569. The highest BCUT2D eigenvalue weighted by Crippen LogP contribution is 2.43. The highest BCUT2D eigenvalue weighted by molar-refractivity contribution is 6.30. The van der Waals surface area contributed by atoms with Crippen molar-refractivity contribution in [2.24, 2.45) is 0 Å². The molecular weight excluding hydrogens is 375 g/mol. The van der Waals surface area contributed by atoms with Crippen LogP contribution in [-0.2, 0) is 11.8 Å². The molecule has 1 aliphatic rings. The molecule has 0 saturated heterocycles. The summed E-state index contributed by atoms with van der Waals surface area (Å²) < 4.78 is 19.8. The average Bonchev–Trinajstić information content (AvgIpc) is 3.46. The molecule has 1 aliphatic carbocycles. The largest absolute Gasteiger partial charge is 0.454 e. The van der Waals surface area contributed by atoms with Crippen molar-refractivity contribution in [3.8, 4) is 11.5 Å². The van der Waals surface area contributed by atoms with E-state index in [2.05, 4.69) is 12.2 Å². The van der Waals surface area contributed by atoms with E-state index in [1.165, 1.54) is 6.07 Å². The molecule has 0 spiro atoms. The zero-order valence-corrected chi connectivity index (χ0v) is 15.9. The number of aliphatic hydroxyl groups excluding tert-OH is 1. The fourth-order valence-electron chi connectivity index (χ4n) is 3.41. The van der Waals surface area contributed by atoms with Crippen LogP contribution < -0.4 is 4.74 Å². The van der Waals surface area contributed by atoms with Crippen molar-refractivity contribution < 1.29 is 14.2 Å². The van der Waals surface area contributed by atoms with E-state index in [-0.39, 0.29) is 11.2 Å². The summed E-state index contributed by atoms with van der Waals surface area (Å²) in [5.41, 5.74) is 1.72. The normalized spacial score (nSPS) is 15.2. The van der Waals surface area contributed by atoms with Gasteiger partial charge in [-0.2, -0.15) is 0 Å². The van der Waals surface area contributed by atoms with Crippen molar-refractivity contribution in [1.29, 1.82) is 0 Å². The molecule has 0 fully saturated rings. The molecule has 28 heavy (non-hydrogen) atoms. The van der Waals surface area contributed by atoms with Gasteiger partial charge in [0.2, 0.25) is 0 Å². The summed E-state index contributed by atoms with van der Waals surface area (Å²) in [4.78, 5) is 0. The Bertz CT molecular complexity index is 977. The number of benzene rings is 3. The molecule has 0 aliphatic heterocycles. The number of ether oxygens (including phenoxy) is 1. The molecule has 4 heteroatoms. The first-order chi connectivity index (χ1) is 13.5. The molecule has 0 amide bonds. The van der Waals surface area contributed by atoms with E-state index in [0.29, 0.717) is 23.6 Å². The predicted octanol–water partition coefficient (Wildman–Crippen LogP) is 6.07. The summed E-state index contributed by atoms with van der Waals surface area (Å²) in [6.45, 7) is 0. The summed E-state index contributed by atoms with van der Waals surface area (Å²) in [7, 11) is 0. The lowest BCUT2D eigenvalue weighted by molar-refractivity contribution is 0.155. The smallest absolute Gasteiger partial charge is 0.165 e. The topological polar surface area (TPSA) is 29.5 Å². The van der Waals surface area contributed by atoms with Gasteiger partial charge in [0.15, 0.2) is 11.6 Å². The van der Waals surface area contributed by atoms with E-state index in [0.717, 1.165) is 11.1 Å². The number of hydrogen-bond donors (Lipinski definition) is 1. The highest BCUT2D eigenvalue weighted by Gasteiger charge is 2.37. The zero-order valence-electron chi connectivity index (χ0n) is 15.2. The molecule has 0 aromatic heterocycles. The lowest BCUT2D eigenvalue weighted by Gasteiger charge is -2.21. The summed E-state index contributed by atoms with van der Waals surface area (Å²) in [5.74, 6) is 0.305. The van der Waals surface area contributed by atoms with Crippen LogP contribution in [0.1, 0.15) is 17.5 Å². The van der Waals surface area contributed by atoms with Crippen LogP contribution in [0.25, 0.3) is 0 Å². The van der Waals surface area contributed by atoms with Gasteiger partial charge in [-0.05, 0) is 60.4 Å². The van der Waals surface area contributed by atoms with Gasteiger partial charge in [0.05, 0.1) is 6.10 Å². The number of halogens is 2. The van der Waals surface area contributed by atoms with Crippen LogP contribution in [0.3, 0.4) is 0 Å². The third-order valence-electron chi connectivity index (χ3n) is 4.96. The van der Waals surface area contributed by atoms with Crippen molar-refractivity contribution >= 4 is 11.6 Å². The molecular formula is C24H20ClFO2. The van der Waals surface area contributed by atoms with Crippen LogP contribution in [-0.4, -0.2) is 11.2 Å². The van der Waals surface area contributed by atoms with Gasteiger partial charge in [0, 0.05) is 10.4 Å². The van der Waals surface area contributed by atoms with Gasteiger partial charge in [-0.3, -0.25) is 0 Å². The van der Waals surface area contributed by atoms with Crippen molar-refractivity contribution in [3.63, 3.8) is 0 Å². The zero-order chi connectivity index (χ0) is 19.6. The lowest BCUT2D eigenvalue weighted by atomic mass is 9.86. The first-order valence-corrected chi connectivity index (χ1v) is 9.58. The van der Waals surface area contributed by atoms with Crippen molar-refractivity contribution in [2.45, 2.75) is 24.4 Å². The molecule has 3 aromatic rings. The van der Waals surface area contributed by atoms with Crippen LogP contribution in [0.4, 0.5) is 4.39 Å². The Morgan fingerprint density at radius 1 is 0.964 bits per heavy atom. The van der Waals surface area contributed by atoms with E-state index in [9.17, 15) is 9.50 Å². The van der Waals surface area contributed by atoms with Crippen LogP contribution in [0, 0.1) is 5.82 Å². The molecule has 4 rings (SSSR count). The van der Waals surface area contributed by atoms with Gasteiger partial charge < -0.3 is 9.84 Å². The number of aliphatic hydroxyl groups is 1. The Hall–Kier alpha value is -2.62. The fraction of sp³-hybridized carbons (Fsp3) is 0.167. The van der Waals surface area contributed by atoms with Crippen LogP contribution in [0.2, 0.25) is 5.02 Å². The summed E-state index contributed by atoms with van der Waals surface area (Å²) in [6.07, 6.45) is 4.60. The maximum atomic E-state index is 14.1. The molecule has 0 saturated carbocycles. The minimum Gasteiger partial charge on any atom is -0.454 e. The van der Waals surface area contributed by atoms with Crippen LogP contribution in [0.15, 0.2) is 84.9 Å². The third-order valence-corrected chi connectivity index (χ3v) is 5.21. The summed E-state index contributed by atoms with van der Waals surface area (Å²) in [6, 6.07) is 21.5. The van der Waals surface area contributed by atoms with E-state index >= 15 is 0 Å². The maximum Gasteiger partial charge on any atom is 0.165 e. The lowest BCUT2D eigenvalue weighted by Crippen LogP contribution is -2.21. The first-order valence-electron chi connectivity index (χ1n) is 9.20. The number of allylic oxidation sites excluding steroid dienone is 2. The van der Waals surface area contributed by atoms with Crippen molar-refractivity contribution in [3.05, 3.63) is 107 Å². The van der Waals surface area contributed by atoms with Gasteiger partial charge in [0.25, 0.3) is 0 Å². The van der Waals surface area contributed by atoms with Crippen molar-refractivity contribution in [2.75, 3.05) is 0 Å². The van der Waals surface area contributed by atoms with E-state index in [1.807, 2.05) is 42.5 Å². The van der Waals surface area contributed by atoms with E-state index in [4.69, 9.17) is 16.3 Å².